The molecule has 0 spiro atoms. The average molecular weight is 322 g/mol. The van der Waals surface area contributed by atoms with Gasteiger partial charge in [-0.15, -0.1) is 0 Å². The van der Waals surface area contributed by atoms with E-state index in [0.29, 0.717) is 0 Å². The molecule has 0 aromatic carbocycles. The second-order valence-electron chi connectivity index (χ2n) is 7.29. The molecule has 1 aromatic rings. The number of halogens is 1. The fourth-order valence-corrected chi connectivity index (χ4v) is 3.30. The summed E-state index contributed by atoms with van der Waals surface area (Å²) >= 11 is 0. The number of amides is 2. The van der Waals surface area contributed by atoms with Crippen LogP contribution in [0.5, 0.6) is 0 Å². The fourth-order valence-electron chi connectivity index (χ4n) is 3.30. The van der Waals surface area contributed by atoms with E-state index in [2.05, 4.69) is 48.6 Å². The molecular formula is C16H23FN4O2. The van der Waals surface area contributed by atoms with Crippen LogP contribution in [0.2, 0.25) is 0 Å². The molecule has 6 nitrogen and oxygen atoms in total. The maximum Gasteiger partial charge on any atom is 0.314 e. The number of carbonyl (C=O) groups is 2. The largest absolute Gasteiger partial charge is 0.345 e. The van der Waals surface area contributed by atoms with Gasteiger partial charge in [0.1, 0.15) is 11.6 Å². The van der Waals surface area contributed by atoms with Crippen LogP contribution in [-0.4, -0.2) is 33.9 Å². The highest BCUT2D eigenvalue weighted by molar-refractivity contribution is 6.39. The molecule has 2 rings (SSSR count). The van der Waals surface area contributed by atoms with Crippen LogP contribution in [0.3, 0.4) is 0 Å². The Morgan fingerprint density at radius 1 is 1.17 bits per heavy atom. The maximum atomic E-state index is 12.8. The van der Waals surface area contributed by atoms with Crippen LogP contribution in [0.25, 0.3) is 0 Å². The molecule has 1 fully saturated rings. The Hall–Kier alpha value is -2.02. The minimum absolute atomic E-state index is 0.0966. The summed E-state index contributed by atoms with van der Waals surface area (Å²) in [6.07, 6.45) is 2.43. The molecule has 2 amide bonds. The lowest BCUT2D eigenvalue weighted by Crippen LogP contribution is -2.62. The van der Waals surface area contributed by atoms with Gasteiger partial charge < -0.3 is 16.0 Å². The van der Waals surface area contributed by atoms with Crippen molar-refractivity contribution in [3.05, 3.63) is 24.1 Å². The normalized spacial score (nSPS) is 19.9. The van der Waals surface area contributed by atoms with Crippen molar-refractivity contribution in [1.82, 2.24) is 15.6 Å². The Labute approximate surface area is 135 Å². The summed E-state index contributed by atoms with van der Waals surface area (Å²) in [7, 11) is 0. The van der Waals surface area contributed by atoms with Crippen LogP contribution in [0, 0.1) is 5.82 Å². The van der Waals surface area contributed by atoms with Gasteiger partial charge in [-0.3, -0.25) is 9.59 Å². The van der Waals surface area contributed by atoms with E-state index in [1.165, 1.54) is 12.1 Å². The van der Waals surface area contributed by atoms with Gasteiger partial charge in [-0.1, -0.05) is 0 Å². The smallest absolute Gasteiger partial charge is 0.314 e. The molecule has 1 aromatic heterocycles. The molecule has 1 aliphatic heterocycles. The van der Waals surface area contributed by atoms with Crippen LogP contribution in [0.4, 0.5) is 10.2 Å². The van der Waals surface area contributed by atoms with Crippen molar-refractivity contribution in [2.75, 3.05) is 5.32 Å². The highest BCUT2D eigenvalue weighted by atomic mass is 19.1. The molecule has 0 bridgehead atoms. The Kier molecular flexibility index (Phi) is 4.70. The van der Waals surface area contributed by atoms with Gasteiger partial charge in [0.15, 0.2) is 0 Å². The zero-order valence-corrected chi connectivity index (χ0v) is 13.9. The summed E-state index contributed by atoms with van der Waals surface area (Å²) in [5.74, 6) is -1.89. The molecule has 1 aliphatic rings. The molecule has 126 valence electrons. The van der Waals surface area contributed by atoms with Crippen LogP contribution >= 0.6 is 0 Å². The van der Waals surface area contributed by atoms with Gasteiger partial charge in [0.05, 0.1) is 6.20 Å². The van der Waals surface area contributed by atoms with E-state index in [4.69, 9.17) is 0 Å². The molecule has 0 aliphatic carbocycles. The summed E-state index contributed by atoms with van der Waals surface area (Å²) in [5, 5.41) is 8.64. The molecule has 2 heterocycles. The molecule has 3 N–H and O–H groups in total. The molecule has 1 saturated heterocycles. The van der Waals surface area contributed by atoms with E-state index in [9.17, 15) is 14.0 Å². The van der Waals surface area contributed by atoms with Crippen LogP contribution in [0.15, 0.2) is 18.3 Å². The Balaban J connectivity index is 1.95. The second-order valence-corrected chi connectivity index (χ2v) is 7.29. The number of pyridine rings is 1. The van der Waals surface area contributed by atoms with Crippen LogP contribution < -0.4 is 16.0 Å². The number of anilines is 1. The van der Waals surface area contributed by atoms with Gasteiger partial charge in [-0.25, -0.2) is 9.37 Å². The standard InChI is InChI=1S/C16H23FN4O2/c1-15(2)7-11(8-16(3,4)21-15)19-13(22)14(23)20-12-6-5-10(17)9-18-12/h5-6,9,11,21H,7-8H2,1-4H3,(H,19,22)(H,18,20,23). The number of piperidine rings is 1. The molecular weight excluding hydrogens is 299 g/mol. The Morgan fingerprint density at radius 2 is 1.78 bits per heavy atom. The summed E-state index contributed by atoms with van der Waals surface area (Å²) in [6.45, 7) is 8.26. The quantitative estimate of drug-likeness (QED) is 0.722. The van der Waals surface area contributed by atoms with Crippen molar-refractivity contribution in [3.63, 3.8) is 0 Å². The van der Waals surface area contributed by atoms with Gasteiger partial charge in [0, 0.05) is 17.1 Å². The van der Waals surface area contributed by atoms with E-state index in [1.54, 1.807) is 0 Å². The van der Waals surface area contributed by atoms with Crippen molar-refractivity contribution in [2.45, 2.75) is 57.7 Å². The van der Waals surface area contributed by atoms with E-state index >= 15 is 0 Å². The van der Waals surface area contributed by atoms with Crippen molar-refractivity contribution >= 4 is 17.6 Å². The summed E-state index contributed by atoms with van der Waals surface area (Å²) < 4.78 is 12.8. The van der Waals surface area contributed by atoms with Crippen molar-refractivity contribution in [2.24, 2.45) is 0 Å². The third-order valence-corrected chi connectivity index (χ3v) is 3.70. The van der Waals surface area contributed by atoms with Gasteiger partial charge in [-0.2, -0.15) is 0 Å². The summed E-state index contributed by atoms with van der Waals surface area (Å²) in [4.78, 5) is 27.7. The van der Waals surface area contributed by atoms with Gasteiger partial charge in [-0.05, 0) is 52.7 Å². The number of aromatic nitrogens is 1. The first kappa shape index (κ1) is 17.3. The lowest BCUT2D eigenvalue weighted by molar-refractivity contribution is -0.137. The zero-order valence-electron chi connectivity index (χ0n) is 13.9. The molecule has 23 heavy (non-hydrogen) atoms. The highest BCUT2D eigenvalue weighted by Crippen LogP contribution is 2.28. The van der Waals surface area contributed by atoms with Gasteiger partial charge >= 0.3 is 11.8 Å². The van der Waals surface area contributed by atoms with E-state index in [1.807, 2.05) is 0 Å². The highest BCUT2D eigenvalue weighted by Gasteiger charge is 2.38. The minimum Gasteiger partial charge on any atom is -0.345 e. The number of carbonyl (C=O) groups excluding carboxylic acids is 2. The first-order valence-corrected chi connectivity index (χ1v) is 7.59. The van der Waals surface area contributed by atoms with E-state index < -0.39 is 17.6 Å². The van der Waals surface area contributed by atoms with Gasteiger partial charge in [0.2, 0.25) is 0 Å². The number of hydrogen-bond donors (Lipinski definition) is 3. The Morgan fingerprint density at radius 3 is 2.30 bits per heavy atom. The number of hydrogen-bond acceptors (Lipinski definition) is 4. The predicted molar refractivity (Wildman–Crippen MR) is 85.3 cm³/mol. The Bertz CT molecular complexity index is 583. The topological polar surface area (TPSA) is 83.1 Å². The van der Waals surface area contributed by atoms with Crippen LogP contribution in [-0.2, 0) is 9.59 Å². The molecule has 0 radical (unpaired) electrons. The number of rotatable bonds is 2. The lowest BCUT2D eigenvalue weighted by atomic mass is 9.79. The van der Waals surface area contributed by atoms with Gasteiger partial charge in [0.25, 0.3) is 0 Å². The minimum atomic E-state index is -0.807. The van der Waals surface area contributed by atoms with Crippen molar-refractivity contribution in [1.29, 1.82) is 0 Å². The fraction of sp³-hybridized carbons (Fsp3) is 0.562. The molecule has 0 saturated carbocycles. The average Bonchev–Trinajstić information content (AvgIpc) is 2.37. The third kappa shape index (κ3) is 4.99. The van der Waals surface area contributed by atoms with E-state index in [-0.39, 0.29) is 22.9 Å². The van der Waals surface area contributed by atoms with E-state index in [0.717, 1.165) is 19.0 Å². The second kappa shape index (κ2) is 6.23. The van der Waals surface area contributed by atoms with Crippen molar-refractivity contribution < 1.29 is 14.0 Å². The monoisotopic (exact) mass is 322 g/mol. The molecule has 0 unspecified atom stereocenters. The zero-order chi connectivity index (χ0) is 17.3. The molecule has 0 atom stereocenters. The predicted octanol–water partition coefficient (Wildman–Crippen LogP) is 1.58. The first-order valence-electron chi connectivity index (χ1n) is 7.59. The first-order chi connectivity index (χ1) is 10.6. The number of nitrogens with zero attached hydrogens (tertiary/aromatic N) is 1. The van der Waals surface area contributed by atoms with Crippen LogP contribution in [0.1, 0.15) is 40.5 Å². The number of nitrogens with one attached hydrogen (secondary N) is 3. The third-order valence-electron chi connectivity index (χ3n) is 3.70. The van der Waals surface area contributed by atoms with Crippen molar-refractivity contribution in [3.8, 4) is 0 Å². The summed E-state index contributed by atoms with van der Waals surface area (Å²) in [5.41, 5.74) is -0.261. The maximum absolute atomic E-state index is 12.8. The summed E-state index contributed by atoms with van der Waals surface area (Å²) in [6, 6.07) is 2.37. The SMILES string of the molecule is CC1(C)CC(NC(=O)C(=O)Nc2ccc(F)cn2)CC(C)(C)N1. The molecule has 7 heteroatoms. The lowest BCUT2D eigenvalue weighted by Gasteiger charge is -2.46.